The fourth-order valence-electron chi connectivity index (χ4n) is 3.19. The second-order valence-electron chi connectivity index (χ2n) is 7.84. The Hall–Kier alpha value is -4.13. The highest BCUT2D eigenvalue weighted by Crippen LogP contribution is 2.25. The van der Waals surface area contributed by atoms with Crippen molar-refractivity contribution < 1.29 is 38.9 Å². The summed E-state index contributed by atoms with van der Waals surface area (Å²) in [5, 5.41) is 8.81. The Morgan fingerprint density at radius 2 is 0.744 bits per heavy atom. The first-order valence-electron chi connectivity index (χ1n) is 10.6. The molecular weight excluding hydrogens is 574 g/mol. The van der Waals surface area contributed by atoms with Gasteiger partial charge in [0.25, 0.3) is 30.4 Å². The summed E-state index contributed by atoms with van der Waals surface area (Å²) < 4.78 is 95.3. The minimum Gasteiger partial charge on any atom is -0.340 e. The first-order valence-corrected chi connectivity index (χ1v) is 14.9. The van der Waals surface area contributed by atoms with Crippen LogP contribution >= 0.6 is 0 Å². The molecule has 204 valence electrons. The number of nitrogens with zero attached hydrogens (tertiary/aromatic N) is 2. The smallest absolute Gasteiger partial charge is 0.294 e. The highest BCUT2D eigenvalue weighted by molar-refractivity contribution is 7.86. The Balaban J connectivity index is 1.65. The van der Waals surface area contributed by atoms with Crippen LogP contribution in [0.1, 0.15) is 0 Å². The van der Waals surface area contributed by atoms with Gasteiger partial charge in [-0.1, -0.05) is 0 Å². The molecule has 39 heavy (non-hydrogen) atoms. The Kier molecular flexibility index (Phi) is 7.55. The molecule has 0 aliphatic heterocycles. The maximum atomic E-state index is 11.3. The van der Waals surface area contributed by atoms with Crippen molar-refractivity contribution in [3.05, 3.63) is 78.9 Å². The summed E-state index contributed by atoms with van der Waals surface area (Å²) in [6.45, 7) is 0. The predicted octanol–water partition coefficient (Wildman–Crippen LogP) is 3.45. The third kappa shape index (κ3) is 7.47. The molecule has 0 saturated heterocycles. The Bertz CT molecular complexity index is 1600. The van der Waals surface area contributed by atoms with Crippen LogP contribution in [0.2, 0.25) is 0 Å². The lowest BCUT2D eigenvalue weighted by Gasteiger charge is -2.13. The lowest BCUT2D eigenvalue weighted by atomic mass is 10.3. The van der Waals surface area contributed by atoms with Gasteiger partial charge in [0.15, 0.2) is 0 Å². The molecule has 4 aromatic rings. The average molecular weight is 594 g/mol. The molecule has 0 unspecified atom stereocenters. The molecule has 0 aliphatic carbocycles. The van der Waals surface area contributed by atoms with Gasteiger partial charge in [-0.2, -0.15) is 35.2 Å². The molecule has 0 fully saturated rings. The van der Waals surface area contributed by atoms with Gasteiger partial charge in [0.2, 0.25) is 5.95 Å². The maximum absolute atomic E-state index is 11.3. The number of aromatic nitrogens is 2. The zero-order valence-corrected chi connectivity index (χ0v) is 21.9. The van der Waals surface area contributed by atoms with Crippen molar-refractivity contribution in [2.45, 2.75) is 14.7 Å². The monoisotopic (exact) mass is 593 g/mol. The summed E-state index contributed by atoms with van der Waals surface area (Å²) in [5.74, 6) is 0.476. The van der Waals surface area contributed by atoms with Crippen LogP contribution in [0.3, 0.4) is 0 Å². The molecule has 0 aliphatic rings. The molecule has 0 amide bonds. The van der Waals surface area contributed by atoms with Gasteiger partial charge in [-0.15, -0.1) is 0 Å². The molecule has 3 aromatic carbocycles. The standard InChI is InChI=1S/C22H19N5O9S3/c28-37(29,30)17-7-1-14(2-8-17)23-20-13-21(24-15-3-9-18(10-4-15)38(31,32)33)27-22(26-20)25-16-5-11-19(12-6-16)39(34,35)36/h1-13H,(H,28,29,30)(H,31,32,33)(H,34,35,36)(H3,23,24,25,26,27). The van der Waals surface area contributed by atoms with Gasteiger partial charge in [-0.25, -0.2) is 0 Å². The van der Waals surface area contributed by atoms with Crippen LogP contribution in [0.15, 0.2) is 93.5 Å². The van der Waals surface area contributed by atoms with Crippen LogP contribution in [-0.4, -0.2) is 48.9 Å². The number of anilines is 6. The Labute approximate surface area is 223 Å². The maximum Gasteiger partial charge on any atom is 0.294 e. The highest BCUT2D eigenvalue weighted by Gasteiger charge is 2.13. The first-order chi connectivity index (χ1) is 18.2. The van der Waals surface area contributed by atoms with Crippen LogP contribution in [0.4, 0.5) is 34.6 Å². The molecule has 0 bridgehead atoms. The molecule has 17 heteroatoms. The summed E-state index contributed by atoms with van der Waals surface area (Å²) in [6.07, 6.45) is 0. The van der Waals surface area contributed by atoms with E-state index in [0.29, 0.717) is 17.1 Å². The molecule has 0 radical (unpaired) electrons. The summed E-state index contributed by atoms with van der Waals surface area (Å²) in [4.78, 5) is 7.75. The van der Waals surface area contributed by atoms with Crippen molar-refractivity contribution >= 4 is 65.0 Å². The van der Waals surface area contributed by atoms with Gasteiger partial charge in [-0.3, -0.25) is 13.7 Å². The van der Waals surface area contributed by atoms with Crippen molar-refractivity contribution in [3.63, 3.8) is 0 Å². The third-order valence-electron chi connectivity index (χ3n) is 4.98. The number of benzene rings is 3. The second-order valence-corrected chi connectivity index (χ2v) is 12.1. The molecule has 4 rings (SSSR count). The van der Waals surface area contributed by atoms with Gasteiger partial charge < -0.3 is 16.0 Å². The Morgan fingerprint density at radius 3 is 1.03 bits per heavy atom. The van der Waals surface area contributed by atoms with Crippen molar-refractivity contribution in [2.24, 2.45) is 0 Å². The molecule has 0 saturated carbocycles. The van der Waals surface area contributed by atoms with E-state index in [1.54, 1.807) is 0 Å². The molecule has 14 nitrogen and oxygen atoms in total. The molecule has 1 aromatic heterocycles. The fourth-order valence-corrected chi connectivity index (χ4v) is 4.63. The number of rotatable bonds is 9. The van der Waals surface area contributed by atoms with Gasteiger partial charge in [0.1, 0.15) is 11.6 Å². The topological polar surface area (TPSA) is 225 Å². The molecule has 0 atom stereocenters. The fraction of sp³-hybridized carbons (Fsp3) is 0. The Morgan fingerprint density at radius 1 is 0.462 bits per heavy atom. The molecular formula is C22H19N5O9S3. The number of hydrogen-bond acceptors (Lipinski definition) is 11. The quantitative estimate of drug-likeness (QED) is 0.153. The minimum atomic E-state index is -4.39. The minimum absolute atomic E-state index is 0.0335. The summed E-state index contributed by atoms with van der Waals surface area (Å²) >= 11 is 0. The average Bonchev–Trinajstić information content (AvgIpc) is 2.83. The SMILES string of the molecule is O=S(=O)(O)c1ccc(Nc2cc(Nc3ccc(S(=O)(=O)O)cc3)nc(Nc3ccc(S(=O)(=O)O)cc3)n2)cc1. The van der Waals surface area contributed by atoms with Crippen molar-refractivity contribution in [2.75, 3.05) is 16.0 Å². The highest BCUT2D eigenvalue weighted by atomic mass is 32.2. The summed E-state index contributed by atoms with van der Waals surface area (Å²) in [6, 6.07) is 16.9. The summed E-state index contributed by atoms with van der Waals surface area (Å²) in [7, 11) is -13.1. The molecule has 1 heterocycles. The molecule has 0 spiro atoms. The van der Waals surface area contributed by atoms with Gasteiger partial charge in [0.05, 0.1) is 14.7 Å². The number of nitrogens with one attached hydrogen (secondary N) is 3. The van der Waals surface area contributed by atoms with Crippen molar-refractivity contribution in [1.82, 2.24) is 9.97 Å². The van der Waals surface area contributed by atoms with Gasteiger partial charge in [-0.05, 0) is 72.8 Å². The van der Waals surface area contributed by atoms with E-state index in [1.165, 1.54) is 78.9 Å². The van der Waals surface area contributed by atoms with E-state index in [0.717, 1.165) is 0 Å². The third-order valence-corrected chi connectivity index (χ3v) is 7.59. The largest absolute Gasteiger partial charge is 0.340 e. The predicted molar refractivity (Wildman–Crippen MR) is 141 cm³/mol. The van der Waals surface area contributed by atoms with E-state index >= 15 is 0 Å². The lowest BCUT2D eigenvalue weighted by Crippen LogP contribution is -2.05. The van der Waals surface area contributed by atoms with E-state index in [4.69, 9.17) is 13.7 Å². The van der Waals surface area contributed by atoms with E-state index in [9.17, 15) is 25.3 Å². The van der Waals surface area contributed by atoms with E-state index < -0.39 is 30.4 Å². The van der Waals surface area contributed by atoms with E-state index in [2.05, 4.69) is 25.9 Å². The normalized spacial score (nSPS) is 12.1. The van der Waals surface area contributed by atoms with Crippen LogP contribution in [0, 0.1) is 0 Å². The molecule has 6 N–H and O–H groups in total. The number of hydrogen-bond donors (Lipinski definition) is 6. The lowest BCUT2D eigenvalue weighted by molar-refractivity contribution is 0.481. The second kappa shape index (κ2) is 10.6. The van der Waals surface area contributed by atoms with Gasteiger partial charge in [0, 0.05) is 23.1 Å². The zero-order valence-electron chi connectivity index (χ0n) is 19.4. The van der Waals surface area contributed by atoms with Gasteiger partial charge >= 0.3 is 0 Å². The van der Waals surface area contributed by atoms with Crippen molar-refractivity contribution in [3.8, 4) is 0 Å². The van der Waals surface area contributed by atoms with Crippen molar-refractivity contribution in [1.29, 1.82) is 0 Å². The zero-order chi connectivity index (χ0) is 28.4. The summed E-state index contributed by atoms with van der Waals surface area (Å²) in [5.41, 5.74) is 1.20. The van der Waals surface area contributed by atoms with Crippen LogP contribution < -0.4 is 16.0 Å². The van der Waals surface area contributed by atoms with Crippen LogP contribution in [-0.2, 0) is 30.4 Å². The van der Waals surface area contributed by atoms with E-state index in [1.807, 2.05) is 0 Å². The first kappa shape index (κ1) is 27.9. The van der Waals surface area contributed by atoms with E-state index in [-0.39, 0.29) is 32.3 Å². The van der Waals surface area contributed by atoms with Crippen LogP contribution in [0.5, 0.6) is 0 Å². The van der Waals surface area contributed by atoms with Crippen LogP contribution in [0.25, 0.3) is 0 Å².